The first-order valence-electron chi connectivity index (χ1n) is 7.05. The van der Waals surface area contributed by atoms with Crippen LogP contribution in [0.5, 0.6) is 0 Å². The first-order valence-corrected chi connectivity index (χ1v) is 7.05. The van der Waals surface area contributed by atoms with Gasteiger partial charge in [-0.1, -0.05) is 55.8 Å². The summed E-state index contributed by atoms with van der Waals surface area (Å²) in [5.74, 6) is -0.523. The molecule has 0 heterocycles. The number of aryl methyl sites for hydroxylation is 1. The summed E-state index contributed by atoms with van der Waals surface area (Å²) < 4.78 is 0. The first-order chi connectivity index (χ1) is 10.1. The minimum absolute atomic E-state index is 0.0163. The summed E-state index contributed by atoms with van der Waals surface area (Å²) in [6.07, 6.45) is 0.183. The number of hydrogen-bond acceptors (Lipinski definition) is 2. The molecule has 110 valence electrons. The Morgan fingerprint density at radius 1 is 1.00 bits per heavy atom. The van der Waals surface area contributed by atoms with Crippen LogP contribution in [0.15, 0.2) is 48.5 Å². The molecule has 0 unspecified atom stereocenters. The highest BCUT2D eigenvalue weighted by molar-refractivity contribution is 6.00. The van der Waals surface area contributed by atoms with E-state index in [-0.39, 0.29) is 12.2 Å². The second-order valence-electron chi connectivity index (χ2n) is 4.49. The molecule has 2 aromatic rings. The maximum Gasteiger partial charge on any atom is 0.248 e. The molecule has 0 aliphatic rings. The molecule has 0 saturated carbocycles. The van der Waals surface area contributed by atoms with E-state index in [0.717, 1.165) is 5.56 Å². The van der Waals surface area contributed by atoms with E-state index in [0.29, 0.717) is 16.7 Å². The number of nitrogens with two attached hydrogens (primary N) is 1. The van der Waals surface area contributed by atoms with Gasteiger partial charge in [0.05, 0.1) is 0 Å². The van der Waals surface area contributed by atoms with Crippen LogP contribution in [0.1, 0.15) is 45.7 Å². The fraction of sp³-hybridized carbons (Fsp3) is 0.222. The van der Waals surface area contributed by atoms with Gasteiger partial charge in [-0.3, -0.25) is 9.59 Å². The third-order valence-electron chi connectivity index (χ3n) is 2.97. The van der Waals surface area contributed by atoms with Crippen LogP contribution in [0.4, 0.5) is 0 Å². The van der Waals surface area contributed by atoms with Gasteiger partial charge in [0.1, 0.15) is 0 Å². The lowest BCUT2D eigenvalue weighted by molar-refractivity contribution is 0.0991. The van der Waals surface area contributed by atoms with Crippen molar-refractivity contribution < 1.29 is 9.59 Å². The van der Waals surface area contributed by atoms with E-state index >= 15 is 0 Å². The van der Waals surface area contributed by atoms with Gasteiger partial charge in [-0.05, 0) is 24.6 Å². The highest BCUT2D eigenvalue weighted by atomic mass is 16.1. The zero-order valence-corrected chi connectivity index (χ0v) is 12.7. The van der Waals surface area contributed by atoms with Crippen molar-refractivity contribution in [3.05, 3.63) is 70.8 Å². The van der Waals surface area contributed by atoms with Crippen molar-refractivity contribution in [1.82, 2.24) is 0 Å². The van der Waals surface area contributed by atoms with Crippen LogP contribution >= 0.6 is 0 Å². The predicted octanol–water partition coefficient (Wildman–Crippen LogP) is 3.55. The lowest BCUT2D eigenvalue weighted by Crippen LogP contribution is -2.15. The number of benzene rings is 2. The van der Waals surface area contributed by atoms with E-state index in [1.54, 1.807) is 30.3 Å². The average molecular weight is 283 g/mol. The minimum atomic E-state index is -0.507. The average Bonchev–Trinajstić information content (AvgIpc) is 2.49. The van der Waals surface area contributed by atoms with Crippen LogP contribution in [0, 0.1) is 6.92 Å². The Morgan fingerprint density at radius 2 is 1.67 bits per heavy atom. The predicted molar refractivity (Wildman–Crippen MR) is 85.5 cm³/mol. The lowest BCUT2D eigenvalue weighted by Gasteiger charge is -2.06. The van der Waals surface area contributed by atoms with Crippen molar-refractivity contribution in [2.24, 2.45) is 5.73 Å². The number of rotatable bonds is 4. The molecular weight excluding hydrogens is 262 g/mol. The van der Waals surface area contributed by atoms with E-state index in [4.69, 9.17) is 5.73 Å². The molecule has 0 aliphatic heterocycles. The monoisotopic (exact) mass is 283 g/mol. The van der Waals surface area contributed by atoms with Crippen molar-refractivity contribution in [3.63, 3.8) is 0 Å². The number of carbonyl (C=O) groups is 2. The molecule has 1 amide bonds. The summed E-state index contributed by atoms with van der Waals surface area (Å²) in [7, 11) is 0. The molecule has 0 aliphatic carbocycles. The molecule has 21 heavy (non-hydrogen) atoms. The summed E-state index contributed by atoms with van der Waals surface area (Å²) >= 11 is 0. The molecule has 2 N–H and O–H groups in total. The maximum absolute atomic E-state index is 12.2. The molecule has 0 bridgehead atoms. The van der Waals surface area contributed by atoms with E-state index in [2.05, 4.69) is 0 Å². The number of hydrogen-bond donors (Lipinski definition) is 1. The molecule has 0 atom stereocenters. The third kappa shape index (κ3) is 4.56. The molecule has 2 aromatic carbocycles. The fourth-order valence-corrected chi connectivity index (χ4v) is 2.01. The Labute approximate surface area is 125 Å². The van der Waals surface area contributed by atoms with Crippen LogP contribution in [-0.4, -0.2) is 11.7 Å². The van der Waals surface area contributed by atoms with Gasteiger partial charge >= 0.3 is 0 Å². The number of amides is 1. The van der Waals surface area contributed by atoms with Gasteiger partial charge in [-0.15, -0.1) is 0 Å². The highest BCUT2D eigenvalue weighted by Crippen LogP contribution is 2.13. The second-order valence-corrected chi connectivity index (χ2v) is 4.49. The van der Waals surface area contributed by atoms with Crippen LogP contribution in [0.2, 0.25) is 0 Å². The van der Waals surface area contributed by atoms with Crippen molar-refractivity contribution in [1.29, 1.82) is 0 Å². The molecule has 0 fully saturated rings. The molecule has 2 rings (SSSR count). The quantitative estimate of drug-likeness (QED) is 0.872. The zero-order valence-electron chi connectivity index (χ0n) is 12.7. The second kappa shape index (κ2) is 8.00. The normalized spacial score (nSPS) is 9.48. The minimum Gasteiger partial charge on any atom is -0.366 e. The van der Waals surface area contributed by atoms with Crippen LogP contribution in [0.3, 0.4) is 0 Å². The van der Waals surface area contributed by atoms with Crippen molar-refractivity contribution >= 4 is 11.7 Å². The topological polar surface area (TPSA) is 60.2 Å². The van der Waals surface area contributed by atoms with Gasteiger partial charge in [0.2, 0.25) is 5.91 Å². The van der Waals surface area contributed by atoms with Gasteiger partial charge in [-0.25, -0.2) is 0 Å². The molecule has 0 saturated heterocycles. The summed E-state index contributed by atoms with van der Waals surface area (Å²) in [6.45, 7) is 5.94. The maximum atomic E-state index is 12.2. The van der Waals surface area contributed by atoms with Gasteiger partial charge in [0.15, 0.2) is 5.78 Å². The molecule has 0 radical (unpaired) electrons. The zero-order chi connectivity index (χ0) is 15.8. The van der Waals surface area contributed by atoms with Gasteiger partial charge in [-0.2, -0.15) is 0 Å². The number of ketones is 1. The number of carbonyl (C=O) groups excluding carboxylic acids is 2. The van der Waals surface area contributed by atoms with E-state index in [9.17, 15) is 9.59 Å². The lowest BCUT2D eigenvalue weighted by atomic mass is 9.98. The smallest absolute Gasteiger partial charge is 0.248 e. The Balaban J connectivity index is 0.00000106. The summed E-state index contributed by atoms with van der Waals surface area (Å²) in [6, 6.07) is 14.3. The number of Topliss-reactive ketones (excluding diaryl/α,β-unsaturated/α-hetero) is 1. The van der Waals surface area contributed by atoms with Crippen molar-refractivity contribution in [3.8, 4) is 0 Å². The van der Waals surface area contributed by atoms with E-state index in [1.807, 2.05) is 39.0 Å². The largest absolute Gasteiger partial charge is 0.366 e. The molecular formula is C18H21NO2. The SMILES string of the molecule is CC.Cc1cccc(C(=O)Cc2ccccc2C(N)=O)c1. The molecule has 0 aromatic heterocycles. The number of primary amides is 1. The van der Waals surface area contributed by atoms with Crippen LogP contribution in [-0.2, 0) is 6.42 Å². The van der Waals surface area contributed by atoms with Crippen molar-refractivity contribution in [2.45, 2.75) is 27.2 Å². The summed E-state index contributed by atoms with van der Waals surface area (Å²) in [5, 5.41) is 0. The highest BCUT2D eigenvalue weighted by Gasteiger charge is 2.12. The summed E-state index contributed by atoms with van der Waals surface area (Å²) in [4.78, 5) is 23.5. The van der Waals surface area contributed by atoms with E-state index < -0.39 is 5.91 Å². The standard InChI is InChI=1S/C16H15NO2.C2H6/c1-11-5-4-7-13(9-11)15(18)10-12-6-2-3-8-14(12)16(17)19;1-2/h2-9H,10H2,1H3,(H2,17,19);1-2H3. The fourth-order valence-electron chi connectivity index (χ4n) is 2.01. The van der Waals surface area contributed by atoms with Crippen LogP contribution < -0.4 is 5.73 Å². The van der Waals surface area contributed by atoms with Gasteiger partial charge in [0, 0.05) is 17.5 Å². The Bertz CT molecular complexity index is 633. The molecule has 0 spiro atoms. The molecule has 3 heteroatoms. The Morgan fingerprint density at radius 3 is 2.29 bits per heavy atom. The first kappa shape index (κ1) is 16.6. The third-order valence-corrected chi connectivity index (χ3v) is 2.97. The van der Waals surface area contributed by atoms with Gasteiger partial charge in [0.25, 0.3) is 0 Å². The summed E-state index contributed by atoms with van der Waals surface area (Å²) in [5.41, 5.74) is 8.07. The Hall–Kier alpha value is -2.42. The molecule has 3 nitrogen and oxygen atoms in total. The van der Waals surface area contributed by atoms with E-state index in [1.165, 1.54) is 0 Å². The van der Waals surface area contributed by atoms with Crippen LogP contribution in [0.25, 0.3) is 0 Å². The Kier molecular flexibility index (Phi) is 6.34. The van der Waals surface area contributed by atoms with Gasteiger partial charge < -0.3 is 5.73 Å². The van der Waals surface area contributed by atoms with Crippen molar-refractivity contribution in [2.75, 3.05) is 0 Å².